The zero-order valence-corrected chi connectivity index (χ0v) is 9.15. The summed E-state index contributed by atoms with van der Waals surface area (Å²) in [5.41, 5.74) is 2.47. The quantitative estimate of drug-likeness (QED) is 0.506. The van der Waals surface area contributed by atoms with Gasteiger partial charge in [0.2, 0.25) is 0 Å². The number of aliphatic imine (C=N–C) groups is 2. The monoisotopic (exact) mass is 199 g/mol. The minimum absolute atomic E-state index is 0.646. The van der Waals surface area contributed by atoms with Crippen molar-refractivity contribution in [2.45, 2.75) is 13.8 Å². The maximum absolute atomic E-state index is 8.76. The minimum Gasteiger partial charge on any atom is -0.274 e. The molecule has 0 saturated heterocycles. The molecule has 0 N–H and O–H groups in total. The maximum atomic E-state index is 8.76. The van der Waals surface area contributed by atoms with Gasteiger partial charge in [-0.15, -0.1) is 0 Å². The molecule has 1 rings (SSSR count). The fraction of sp³-hybridized carbons (Fsp3) is 0.250. The number of hydrogen-bond acceptors (Lipinski definition) is 2. The topological polar surface area (TPSA) is 48.5 Å². The summed E-state index contributed by atoms with van der Waals surface area (Å²) in [6.45, 7) is 3.75. The number of rotatable bonds is 1. The molecule has 0 spiro atoms. The van der Waals surface area contributed by atoms with Crippen LogP contribution in [0.25, 0.3) is 0 Å². The largest absolute Gasteiger partial charge is 0.274 e. The first-order valence-electron chi connectivity index (χ1n) is 4.66. The van der Waals surface area contributed by atoms with Gasteiger partial charge in [-0.2, -0.15) is 5.26 Å². The maximum Gasteiger partial charge on any atom is 0.120 e. The number of benzene rings is 1. The fourth-order valence-electron chi connectivity index (χ4n) is 1.17. The normalized spacial score (nSPS) is 12.4. The summed E-state index contributed by atoms with van der Waals surface area (Å²) in [6, 6.07) is 9.49. The third-order valence-corrected chi connectivity index (χ3v) is 2.06. The Morgan fingerprint density at radius 2 is 2.07 bits per heavy atom. The van der Waals surface area contributed by atoms with Crippen LogP contribution in [0.5, 0.6) is 0 Å². The van der Waals surface area contributed by atoms with E-state index in [0.29, 0.717) is 5.56 Å². The predicted molar refractivity (Wildman–Crippen MR) is 62.4 cm³/mol. The summed E-state index contributed by atoms with van der Waals surface area (Å²) in [4.78, 5) is 8.26. The van der Waals surface area contributed by atoms with Gasteiger partial charge in [-0.25, -0.2) is 4.99 Å². The van der Waals surface area contributed by atoms with Gasteiger partial charge in [0, 0.05) is 12.8 Å². The Morgan fingerprint density at radius 3 is 2.67 bits per heavy atom. The third-order valence-electron chi connectivity index (χ3n) is 2.06. The van der Waals surface area contributed by atoms with E-state index >= 15 is 0 Å². The summed E-state index contributed by atoms with van der Waals surface area (Å²) >= 11 is 0. The Hall–Kier alpha value is -1.95. The molecule has 1 aromatic rings. The molecule has 0 aliphatic heterocycles. The smallest absolute Gasteiger partial charge is 0.120 e. The highest BCUT2D eigenvalue weighted by Crippen LogP contribution is 2.05. The third kappa shape index (κ3) is 3.03. The van der Waals surface area contributed by atoms with Crippen LogP contribution in [0, 0.1) is 11.3 Å². The number of amidine groups is 1. The Labute approximate surface area is 89.8 Å². The highest BCUT2D eigenvalue weighted by atomic mass is 14.9. The lowest BCUT2D eigenvalue weighted by Gasteiger charge is -2.00. The van der Waals surface area contributed by atoms with Crippen molar-refractivity contribution >= 4 is 11.5 Å². The second-order valence-corrected chi connectivity index (χ2v) is 3.16. The predicted octanol–water partition coefficient (Wildman–Crippen LogP) is 2.42. The summed E-state index contributed by atoms with van der Waals surface area (Å²) in [5, 5.41) is 8.76. The van der Waals surface area contributed by atoms with Crippen molar-refractivity contribution in [3.63, 3.8) is 0 Å². The molecule has 0 unspecified atom stereocenters. The molecule has 1 aromatic carbocycles. The second kappa shape index (κ2) is 5.06. The van der Waals surface area contributed by atoms with Crippen molar-refractivity contribution < 1.29 is 0 Å². The standard InChI is InChI=1S/C12H13N3/c1-9(15-10(2)14-3)12-6-4-5-11(7-12)8-13/h4-7H,1-3H3. The Kier molecular flexibility index (Phi) is 3.75. The SMILES string of the molecule is CN=C(C)N=C(C)c1cccc(C#N)c1. The average Bonchev–Trinajstić information content (AvgIpc) is 2.28. The van der Waals surface area contributed by atoms with Gasteiger partial charge in [0.25, 0.3) is 0 Å². The van der Waals surface area contributed by atoms with Gasteiger partial charge in [0.05, 0.1) is 11.6 Å². The van der Waals surface area contributed by atoms with Crippen LogP contribution >= 0.6 is 0 Å². The number of nitrogens with zero attached hydrogens (tertiary/aromatic N) is 3. The van der Waals surface area contributed by atoms with Gasteiger partial charge < -0.3 is 0 Å². The van der Waals surface area contributed by atoms with Gasteiger partial charge in [-0.1, -0.05) is 12.1 Å². The van der Waals surface area contributed by atoms with E-state index in [2.05, 4.69) is 16.1 Å². The van der Waals surface area contributed by atoms with Crippen molar-refractivity contribution in [1.82, 2.24) is 0 Å². The van der Waals surface area contributed by atoms with E-state index in [1.807, 2.05) is 32.0 Å². The molecule has 0 atom stereocenters. The first-order valence-corrected chi connectivity index (χ1v) is 4.66. The molecule has 3 nitrogen and oxygen atoms in total. The molecule has 15 heavy (non-hydrogen) atoms. The number of hydrogen-bond donors (Lipinski definition) is 0. The summed E-state index contributed by atoms with van der Waals surface area (Å²) < 4.78 is 0. The van der Waals surface area contributed by atoms with E-state index in [1.165, 1.54) is 0 Å². The summed E-state index contributed by atoms with van der Waals surface area (Å²) in [7, 11) is 1.71. The van der Waals surface area contributed by atoms with Crippen molar-refractivity contribution in [3.8, 4) is 6.07 Å². The highest BCUT2D eigenvalue weighted by Gasteiger charge is 1.99. The van der Waals surface area contributed by atoms with Gasteiger partial charge in [-0.3, -0.25) is 4.99 Å². The van der Waals surface area contributed by atoms with Crippen LogP contribution in [0.15, 0.2) is 34.3 Å². The van der Waals surface area contributed by atoms with E-state index in [0.717, 1.165) is 17.1 Å². The molecule has 76 valence electrons. The van der Waals surface area contributed by atoms with Crippen molar-refractivity contribution in [2.24, 2.45) is 9.98 Å². The fourth-order valence-corrected chi connectivity index (χ4v) is 1.17. The van der Waals surface area contributed by atoms with Crippen LogP contribution in [-0.4, -0.2) is 18.6 Å². The molecule has 0 aliphatic carbocycles. The first-order chi connectivity index (χ1) is 7.17. The minimum atomic E-state index is 0.646. The van der Waals surface area contributed by atoms with Gasteiger partial charge in [0.1, 0.15) is 5.84 Å². The van der Waals surface area contributed by atoms with Crippen LogP contribution in [0.3, 0.4) is 0 Å². The molecule has 0 saturated carbocycles. The van der Waals surface area contributed by atoms with E-state index in [-0.39, 0.29) is 0 Å². The molecular weight excluding hydrogens is 186 g/mol. The molecule has 0 bridgehead atoms. The lowest BCUT2D eigenvalue weighted by molar-refractivity contribution is 1.37. The Bertz CT molecular complexity index is 450. The van der Waals surface area contributed by atoms with E-state index < -0.39 is 0 Å². The zero-order chi connectivity index (χ0) is 11.3. The van der Waals surface area contributed by atoms with Gasteiger partial charge in [0.15, 0.2) is 0 Å². The molecule has 0 heterocycles. The van der Waals surface area contributed by atoms with Crippen molar-refractivity contribution in [3.05, 3.63) is 35.4 Å². The van der Waals surface area contributed by atoms with Crippen LogP contribution in [0.4, 0.5) is 0 Å². The van der Waals surface area contributed by atoms with Gasteiger partial charge >= 0.3 is 0 Å². The highest BCUT2D eigenvalue weighted by molar-refractivity contribution is 6.05. The number of nitriles is 1. The van der Waals surface area contributed by atoms with Gasteiger partial charge in [-0.05, 0) is 31.5 Å². The average molecular weight is 199 g/mol. The second-order valence-electron chi connectivity index (χ2n) is 3.16. The van der Waals surface area contributed by atoms with Crippen molar-refractivity contribution in [2.75, 3.05) is 7.05 Å². The lowest BCUT2D eigenvalue weighted by atomic mass is 10.1. The Balaban J connectivity index is 3.07. The lowest BCUT2D eigenvalue weighted by Crippen LogP contribution is -1.99. The summed E-state index contributed by atoms with van der Waals surface area (Å²) in [6.07, 6.45) is 0. The van der Waals surface area contributed by atoms with Crippen molar-refractivity contribution in [1.29, 1.82) is 5.26 Å². The molecule has 0 fully saturated rings. The first kappa shape index (κ1) is 11.1. The summed E-state index contributed by atoms with van der Waals surface area (Å²) in [5.74, 6) is 0.731. The Morgan fingerprint density at radius 1 is 1.33 bits per heavy atom. The molecule has 0 radical (unpaired) electrons. The van der Waals surface area contributed by atoms with E-state index in [1.54, 1.807) is 13.1 Å². The van der Waals surface area contributed by atoms with Crippen LogP contribution in [0.1, 0.15) is 25.0 Å². The van der Waals surface area contributed by atoms with E-state index in [9.17, 15) is 0 Å². The van der Waals surface area contributed by atoms with Crippen LogP contribution in [0.2, 0.25) is 0 Å². The van der Waals surface area contributed by atoms with Crippen LogP contribution in [-0.2, 0) is 0 Å². The molecule has 3 heteroatoms. The molecular formula is C12H13N3. The molecule has 0 aliphatic rings. The zero-order valence-electron chi connectivity index (χ0n) is 9.15. The molecule has 0 amide bonds. The molecule has 0 aromatic heterocycles. The van der Waals surface area contributed by atoms with E-state index in [4.69, 9.17) is 5.26 Å². The van der Waals surface area contributed by atoms with Crippen LogP contribution < -0.4 is 0 Å².